The molecule has 0 aromatic rings. The molecule has 0 saturated carbocycles. The first kappa shape index (κ1) is 12.3. The monoisotopic (exact) mass is 247 g/mol. The minimum absolute atomic E-state index is 0.284. The van der Waals surface area contributed by atoms with Gasteiger partial charge in [-0.1, -0.05) is 25.6 Å². The van der Waals surface area contributed by atoms with Crippen LogP contribution in [0.4, 0.5) is 0 Å². The van der Waals surface area contributed by atoms with Crippen LogP contribution in [0, 0.1) is 5.92 Å². The highest BCUT2D eigenvalue weighted by Gasteiger charge is 2.47. The van der Waals surface area contributed by atoms with Crippen LogP contribution in [-0.2, 0) is 4.74 Å². The van der Waals surface area contributed by atoms with Gasteiger partial charge in [-0.2, -0.15) is 0 Å². The third-order valence-corrected chi connectivity index (χ3v) is 4.30. The highest BCUT2D eigenvalue weighted by atomic mass is 32.2. The Kier molecular flexibility index (Phi) is 3.56. The van der Waals surface area contributed by atoms with Crippen LogP contribution in [0.1, 0.15) is 13.8 Å². The fraction of sp³-hybridized carbons (Fsp3) is 0.900. The summed E-state index contributed by atoms with van der Waals surface area (Å²) in [7, 11) is 0. The maximum atomic E-state index is 9.89. The van der Waals surface area contributed by atoms with Crippen LogP contribution in [0.15, 0.2) is 4.99 Å². The SMILES string of the molecule is CC(C)C1=N[C@@H]2[C@@H](O)[C@H](O)[C@@H](CO)O[C@@H]2S1. The van der Waals surface area contributed by atoms with Crippen LogP contribution in [0.25, 0.3) is 0 Å². The summed E-state index contributed by atoms with van der Waals surface area (Å²) >= 11 is 1.47. The Morgan fingerprint density at radius 1 is 1.38 bits per heavy atom. The van der Waals surface area contributed by atoms with Gasteiger partial charge in [0, 0.05) is 5.92 Å². The van der Waals surface area contributed by atoms with Crippen LogP contribution in [-0.4, -0.2) is 56.8 Å². The molecule has 3 N–H and O–H groups in total. The summed E-state index contributed by atoms with van der Waals surface area (Å²) < 4.78 is 5.51. The van der Waals surface area contributed by atoms with Gasteiger partial charge in [0.05, 0.1) is 11.7 Å². The number of hydrogen-bond donors (Lipinski definition) is 3. The van der Waals surface area contributed by atoms with Crippen molar-refractivity contribution in [1.29, 1.82) is 0 Å². The zero-order chi connectivity index (χ0) is 11.9. The quantitative estimate of drug-likeness (QED) is 0.618. The van der Waals surface area contributed by atoms with E-state index >= 15 is 0 Å². The molecule has 0 unspecified atom stereocenters. The van der Waals surface area contributed by atoms with Crippen molar-refractivity contribution in [2.45, 2.75) is 43.6 Å². The van der Waals surface area contributed by atoms with E-state index < -0.39 is 24.4 Å². The normalized spacial score (nSPS) is 43.4. The predicted octanol–water partition coefficient (Wildman–Crippen LogP) is -0.405. The summed E-state index contributed by atoms with van der Waals surface area (Å²) in [5.41, 5.74) is -0.284. The lowest BCUT2D eigenvalue weighted by Gasteiger charge is -2.37. The van der Waals surface area contributed by atoms with Crippen molar-refractivity contribution in [3.63, 3.8) is 0 Å². The fourth-order valence-electron chi connectivity index (χ4n) is 1.88. The maximum Gasteiger partial charge on any atom is 0.134 e. The van der Waals surface area contributed by atoms with Gasteiger partial charge in [-0.05, 0) is 0 Å². The van der Waals surface area contributed by atoms with Crippen molar-refractivity contribution in [2.75, 3.05) is 6.61 Å². The first-order chi connectivity index (χ1) is 7.54. The van der Waals surface area contributed by atoms with E-state index in [4.69, 9.17) is 9.84 Å². The minimum atomic E-state index is -1.07. The molecule has 0 aromatic carbocycles. The van der Waals surface area contributed by atoms with Crippen molar-refractivity contribution in [2.24, 2.45) is 10.9 Å². The molecule has 6 heteroatoms. The molecule has 5 nitrogen and oxygen atoms in total. The highest BCUT2D eigenvalue weighted by molar-refractivity contribution is 8.14. The number of hydrogen-bond acceptors (Lipinski definition) is 6. The highest BCUT2D eigenvalue weighted by Crippen LogP contribution is 2.38. The largest absolute Gasteiger partial charge is 0.394 e. The van der Waals surface area contributed by atoms with E-state index in [9.17, 15) is 10.2 Å². The first-order valence-corrected chi connectivity index (χ1v) is 6.29. The molecule has 0 spiro atoms. The van der Waals surface area contributed by atoms with Crippen LogP contribution in [0.3, 0.4) is 0 Å². The zero-order valence-electron chi connectivity index (χ0n) is 9.28. The Morgan fingerprint density at radius 3 is 2.62 bits per heavy atom. The lowest BCUT2D eigenvalue weighted by molar-refractivity contribution is -0.164. The summed E-state index contributed by atoms with van der Waals surface area (Å²) in [5.74, 6) is 0.288. The van der Waals surface area contributed by atoms with Crippen molar-refractivity contribution < 1.29 is 20.1 Å². The molecule has 0 radical (unpaired) electrons. The molecule has 2 aliphatic heterocycles. The summed E-state index contributed by atoms with van der Waals surface area (Å²) in [6, 6.07) is -0.416. The molecule has 0 aliphatic carbocycles. The Balaban J connectivity index is 2.14. The molecule has 1 saturated heterocycles. The fourth-order valence-corrected chi connectivity index (χ4v) is 3.14. The first-order valence-electron chi connectivity index (χ1n) is 5.41. The lowest BCUT2D eigenvalue weighted by Crippen LogP contribution is -2.55. The topological polar surface area (TPSA) is 82.3 Å². The van der Waals surface area contributed by atoms with Gasteiger partial charge in [-0.3, -0.25) is 4.99 Å². The second-order valence-corrected chi connectivity index (χ2v) is 5.56. The standard InChI is InChI=1S/C10H17NO4S/c1-4(2)9-11-6-8(14)7(13)5(3-12)15-10(6)16-9/h4-8,10,12-14H,3H2,1-2H3/t5-,6-,7-,8-,10-/m1/s1. The third-order valence-electron chi connectivity index (χ3n) is 2.86. The number of aliphatic hydroxyl groups excluding tert-OH is 3. The molecule has 0 bridgehead atoms. The second kappa shape index (κ2) is 4.62. The van der Waals surface area contributed by atoms with Crippen LogP contribution in [0.2, 0.25) is 0 Å². The predicted molar refractivity (Wildman–Crippen MR) is 61.4 cm³/mol. The van der Waals surface area contributed by atoms with Crippen molar-refractivity contribution in [1.82, 2.24) is 0 Å². The molecule has 0 amide bonds. The summed E-state index contributed by atoms with van der Waals surface area (Å²) in [6.45, 7) is 3.75. The van der Waals surface area contributed by atoms with Gasteiger partial charge in [-0.15, -0.1) is 0 Å². The Morgan fingerprint density at radius 2 is 2.06 bits per heavy atom. The molecule has 16 heavy (non-hydrogen) atoms. The number of aliphatic hydroxyl groups is 3. The molecule has 2 heterocycles. The van der Waals surface area contributed by atoms with Crippen LogP contribution < -0.4 is 0 Å². The van der Waals surface area contributed by atoms with Crippen molar-refractivity contribution >= 4 is 16.8 Å². The van der Waals surface area contributed by atoms with Gasteiger partial charge in [0.2, 0.25) is 0 Å². The van der Waals surface area contributed by atoms with E-state index in [1.807, 2.05) is 13.8 Å². The van der Waals surface area contributed by atoms with Crippen LogP contribution in [0.5, 0.6) is 0 Å². The molecular weight excluding hydrogens is 230 g/mol. The summed E-state index contributed by atoms with van der Waals surface area (Å²) in [6.07, 6.45) is -2.74. The van der Waals surface area contributed by atoms with Gasteiger partial charge in [0.1, 0.15) is 29.8 Å². The zero-order valence-corrected chi connectivity index (χ0v) is 10.1. The van der Waals surface area contributed by atoms with Crippen molar-refractivity contribution in [3.05, 3.63) is 0 Å². The van der Waals surface area contributed by atoms with Gasteiger partial charge >= 0.3 is 0 Å². The molecule has 1 fully saturated rings. The van der Waals surface area contributed by atoms with Gasteiger partial charge in [-0.25, -0.2) is 0 Å². The number of nitrogens with zero attached hydrogens (tertiary/aromatic N) is 1. The lowest BCUT2D eigenvalue weighted by atomic mass is 9.99. The average Bonchev–Trinajstić information content (AvgIpc) is 2.67. The van der Waals surface area contributed by atoms with E-state index in [1.165, 1.54) is 11.8 Å². The van der Waals surface area contributed by atoms with E-state index in [0.29, 0.717) is 0 Å². The molecule has 2 rings (SSSR count). The Labute approximate surface area is 98.5 Å². The van der Waals surface area contributed by atoms with Gasteiger partial charge in [0.15, 0.2) is 0 Å². The summed E-state index contributed by atoms with van der Waals surface area (Å²) in [4.78, 5) is 4.37. The number of rotatable bonds is 2. The van der Waals surface area contributed by atoms with E-state index in [0.717, 1.165) is 5.04 Å². The van der Waals surface area contributed by atoms with E-state index in [-0.39, 0.29) is 18.0 Å². The average molecular weight is 247 g/mol. The van der Waals surface area contributed by atoms with E-state index in [2.05, 4.69) is 4.99 Å². The second-order valence-electron chi connectivity index (χ2n) is 4.44. The number of fused-ring (bicyclic) bond motifs is 1. The summed E-state index contributed by atoms with van der Waals surface area (Å²) in [5, 5.41) is 29.5. The molecular formula is C10H17NO4S. The van der Waals surface area contributed by atoms with E-state index in [1.54, 1.807) is 0 Å². The van der Waals surface area contributed by atoms with Crippen LogP contribution >= 0.6 is 11.8 Å². The molecule has 5 atom stereocenters. The van der Waals surface area contributed by atoms with Gasteiger partial charge < -0.3 is 20.1 Å². The molecule has 0 aromatic heterocycles. The smallest absolute Gasteiger partial charge is 0.134 e. The number of thioether (sulfide) groups is 1. The molecule has 92 valence electrons. The maximum absolute atomic E-state index is 9.89. The molecule has 2 aliphatic rings. The third kappa shape index (κ3) is 2.00. The number of aliphatic imine (C=N–C) groups is 1. The van der Waals surface area contributed by atoms with Gasteiger partial charge in [0.25, 0.3) is 0 Å². The van der Waals surface area contributed by atoms with Crippen molar-refractivity contribution in [3.8, 4) is 0 Å². The minimum Gasteiger partial charge on any atom is -0.394 e. The number of ether oxygens (including phenoxy) is 1. The Hall–Kier alpha value is -0.140. The Bertz CT molecular complexity index is 297.